The van der Waals surface area contributed by atoms with Gasteiger partial charge in [0.2, 0.25) is 0 Å². The molecule has 1 aliphatic rings. The third-order valence-corrected chi connectivity index (χ3v) is 3.98. The molecule has 2 aromatic rings. The van der Waals surface area contributed by atoms with Crippen LogP contribution in [0.4, 0.5) is 4.39 Å². The minimum absolute atomic E-state index is 0.158. The van der Waals surface area contributed by atoms with Crippen LogP contribution in [0.5, 0.6) is 0 Å². The molecule has 96 valence electrons. The van der Waals surface area contributed by atoms with E-state index < -0.39 is 0 Å². The Morgan fingerprint density at radius 3 is 2.89 bits per heavy atom. The molecule has 0 radical (unpaired) electrons. The maximum Gasteiger partial charge on any atom is 0.127 e. The molecule has 4 heteroatoms. The third kappa shape index (κ3) is 2.01. The second-order valence-corrected chi connectivity index (χ2v) is 5.96. The second kappa shape index (κ2) is 4.23. The Morgan fingerprint density at radius 2 is 2.28 bits per heavy atom. The Kier molecular flexibility index (Phi) is 2.81. The topological polar surface area (TPSA) is 17.8 Å². The van der Waals surface area contributed by atoms with Gasteiger partial charge in [-0.05, 0) is 37.3 Å². The predicted octanol–water partition coefficient (Wildman–Crippen LogP) is 4.13. The van der Waals surface area contributed by atoms with Crippen molar-refractivity contribution in [3.05, 3.63) is 29.8 Å². The van der Waals surface area contributed by atoms with Gasteiger partial charge in [0.15, 0.2) is 0 Å². The minimum atomic E-state index is -0.249. The molecule has 0 N–H and O–H groups in total. The molecule has 2 nitrogen and oxygen atoms in total. The Morgan fingerprint density at radius 1 is 1.56 bits per heavy atom. The second-order valence-electron chi connectivity index (χ2n) is 5.30. The van der Waals surface area contributed by atoms with Gasteiger partial charge in [-0.1, -0.05) is 6.92 Å². The average molecular weight is 267 g/mol. The van der Waals surface area contributed by atoms with Gasteiger partial charge in [0.1, 0.15) is 11.6 Å². The first-order valence-electron chi connectivity index (χ1n) is 6.36. The Balaban J connectivity index is 2.09. The number of hydrogen-bond donors (Lipinski definition) is 0. The molecule has 1 aromatic carbocycles. The van der Waals surface area contributed by atoms with Crippen molar-refractivity contribution < 1.29 is 4.39 Å². The summed E-state index contributed by atoms with van der Waals surface area (Å²) in [6.07, 6.45) is 1.26. The Bertz CT molecular complexity index is 591. The molecular formula is C14H16ClFN2. The summed E-state index contributed by atoms with van der Waals surface area (Å²) < 4.78 is 15.4. The lowest BCUT2D eigenvalue weighted by Gasteiger charge is -2.09. The number of hydrogen-bond acceptors (Lipinski definition) is 1. The van der Waals surface area contributed by atoms with Crippen LogP contribution in [0, 0.1) is 17.7 Å². The van der Waals surface area contributed by atoms with Crippen molar-refractivity contribution in [2.24, 2.45) is 11.8 Å². The highest BCUT2D eigenvalue weighted by Gasteiger charge is 2.33. The van der Waals surface area contributed by atoms with Crippen LogP contribution < -0.4 is 0 Å². The van der Waals surface area contributed by atoms with Crippen LogP contribution in [-0.4, -0.2) is 9.55 Å². The highest BCUT2D eigenvalue weighted by atomic mass is 35.5. The van der Waals surface area contributed by atoms with E-state index in [9.17, 15) is 4.39 Å². The molecule has 0 aliphatic heterocycles. The summed E-state index contributed by atoms with van der Waals surface area (Å²) in [5, 5.41) is -0.158. The zero-order valence-electron chi connectivity index (χ0n) is 10.5. The van der Waals surface area contributed by atoms with E-state index >= 15 is 0 Å². The molecule has 18 heavy (non-hydrogen) atoms. The van der Waals surface area contributed by atoms with Crippen molar-refractivity contribution in [1.29, 1.82) is 0 Å². The zero-order valence-corrected chi connectivity index (χ0v) is 11.3. The van der Waals surface area contributed by atoms with Gasteiger partial charge in [-0.3, -0.25) is 0 Å². The molecule has 1 heterocycles. The van der Waals surface area contributed by atoms with E-state index in [0.717, 1.165) is 23.8 Å². The molecule has 1 saturated carbocycles. The van der Waals surface area contributed by atoms with E-state index in [1.165, 1.54) is 18.6 Å². The summed E-state index contributed by atoms with van der Waals surface area (Å²) in [6, 6.07) is 4.76. The standard InChI is InChI=1S/C14H16ClFN2/c1-8-5-10(8)7-18-13-4-3-11(16)6-12(13)17-14(18)9(2)15/h3-4,6,8-10H,5,7H2,1-2H3. The number of benzene rings is 1. The number of halogens is 2. The van der Waals surface area contributed by atoms with Crippen molar-refractivity contribution in [3.8, 4) is 0 Å². The van der Waals surface area contributed by atoms with Gasteiger partial charge in [-0.2, -0.15) is 0 Å². The van der Waals surface area contributed by atoms with Crippen LogP contribution in [0.3, 0.4) is 0 Å². The number of fused-ring (bicyclic) bond motifs is 1. The molecule has 0 bridgehead atoms. The van der Waals surface area contributed by atoms with Gasteiger partial charge in [-0.25, -0.2) is 9.37 Å². The van der Waals surface area contributed by atoms with Crippen molar-refractivity contribution in [2.45, 2.75) is 32.2 Å². The monoisotopic (exact) mass is 266 g/mol. The quantitative estimate of drug-likeness (QED) is 0.764. The summed E-state index contributed by atoms with van der Waals surface area (Å²) in [4.78, 5) is 4.47. The van der Waals surface area contributed by atoms with Crippen LogP contribution in [0.25, 0.3) is 11.0 Å². The molecule has 1 fully saturated rings. The summed E-state index contributed by atoms with van der Waals surface area (Å²) in [7, 11) is 0. The molecule has 3 atom stereocenters. The van der Waals surface area contributed by atoms with Crippen molar-refractivity contribution >= 4 is 22.6 Å². The first kappa shape index (κ1) is 12.0. The smallest absolute Gasteiger partial charge is 0.127 e. The largest absolute Gasteiger partial charge is 0.326 e. The van der Waals surface area contributed by atoms with Gasteiger partial charge in [-0.15, -0.1) is 11.6 Å². The fraction of sp³-hybridized carbons (Fsp3) is 0.500. The number of rotatable bonds is 3. The van der Waals surface area contributed by atoms with E-state index in [1.807, 2.05) is 6.92 Å². The number of alkyl halides is 1. The highest BCUT2D eigenvalue weighted by Crippen LogP contribution is 2.40. The average Bonchev–Trinajstić information content (AvgIpc) is 2.87. The lowest BCUT2D eigenvalue weighted by molar-refractivity contribution is 0.581. The van der Waals surface area contributed by atoms with E-state index in [-0.39, 0.29) is 11.2 Å². The number of aromatic nitrogens is 2. The van der Waals surface area contributed by atoms with E-state index in [2.05, 4.69) is 16.5 Å². The molecule has 3 rings (SSSR count). The molecule has 1 aliphatic carbocycles. The summed E-state index contributed by atoms with van der Waals surface area (Å²) in [5.41, 5.74) is 1.68. The third-order valence-electron chi connectivity index (χ3n) is 3.79. The van der Waals surface area contributed by atoms with E-state index in [4.69, 9.17) is 11.6 Å². The Labute approximate surface area is 111 Å². The van der Waals surface area contributed by atoms with Gasteiger partial charge in [0.25, 0.3) is 0 Å². The Hall–Kier alpha value is -1.09. The van der Waals surface area contributed by atoms with Gasteiger partial charge >= 0.3 is 0 Å². The first-order chi connectivity index (χ1) is 8.56. The fourth-order valence-electron chi connectivity index (χ4n) is 2.51. The zero-order chi connectivity index (χ0) is 12.9. The number of imidazole rings is 1. The fourth-order valence-corrected chi connectivity index (χ4v) is 2.67. The molecule has 0 spiro atoms. The molecule has 0 saturated heterocycles. The summed E-state index contributed by atoms with van der Waals surface area (Å²) in [6.45, 7) is 5.11. The summed E-state index contributed by atoms with van der Waals surface area (Å²) in [5.74, 6) is 2.08. The van der Waals surface area contributed by atoms with Gasteiger partial charge in [0.05, 0.1) is 16.4 Å². The number of nitrogens with zero attached hydrogens (tertiary/aromatic N) is 2. The van der Waals surface area contributed by atoms with Crippen LogP contribution in [0.15, 0.2) is 18.2 Å². The van der Waals surface area contributed by atoms with Crippen LogP contribution >= 0.6 is 11.6 Å². The maximum atomic E-state index is 13.2. The van der Waals surface area contributed by atoms with Crippen molar-refractivity contribution in [2.75, 3.05) is 0 Å². The van der Waals surface area contributed by atoms with Crippen LogP contribution in [-0.2, 0) is 6.54 Å². The van der Waals surface area contributed by atoms with E-state index in [0.29, 0.717) is 11.4 Å². The van der Waals surface area contributed by atoms with Gasteiger partial charge < -0.3 is 4.57 Å². The van der Waals surface area contributed by atoms with Crippen LogP contribution in [0.1, 0.15) is 31.5 Å². The lowest BCUT2D eigenvalue weighted by atomic mass is 10.3. The normalized spacial score (nSPS) is 24.4. The summed E-state index contributed by atoms with van der Waals surface area (Å²) >= 11 is 6.18. The van der Waals surface area contributed by atoms with Crippen molar-refractivity contribution in [1.82, 2.24) is 9.55 Å². The highest BCUT2D eigenvalue weighted by molar-refractivity contribution is 6.20. The SMILES string of the molecule is CC(Cl)c1nc2cc(F)ccc2n1CC1CC1C. The molecule has 0 amide bonds. The molecular weight excluding hydrogens is 251 g/mol. The van der Waals surface area contributed by atoms with Crippen LogP contribution in [0.2, 0.25) is 0 Å². The van der Waals surface area contributed by atoms with E-state index in [1.54, 1.807) is 6.07 Å². The first-order valence-corrected chi connectivity index (χ1v) is 6.79. The molecule has 3 unspecified atom stereocenters. The predicted molar refractivity (Wildman–Crippen MR) is 71.2 cm³/mol. The molecule has 1 aromatic heterocycles. The lowest BCUT2D eigenvalue weighted by Crippen LogP contribution is -2.06. The van der Waals surface area contributed by atoms with Gasteiger partial charge in [0, 0.05) is 12.6 Å². The maximum absolute atomic E-state index is 13.2. The van der Waals surface area contributed by atoms with Crippen molar-refractivity contribution in [3.63, 3.8) is 0 Å². The minimum Gasteiger partial charge on any atom is -0.326 e.